The molecule has 0 bridgehead atoms. The fourth-order valence-electron chi connectivity index (χ4n) is 3.47. The van der Waals surface area contributed by atoms with Crippen molar-refractivity contribution in [3.05, 3.63) is 71.7 Å². The number of H-pyrrole nitrogens is 1. The quantitative estimate of drug-likeness (QED) is 0.525. The van der Waals surface area contributed by atoms with E-state index in [2.05, 4.69) is 78.7 Å². The van der Waals surface area contributed by atoms with Crippen LogP contribution in [0.3, 0.4) is 0 Å². The predicted octanol–water partition coefficient (Wildman–Crippen LogP) is 3.04. The highest BCUT2D eigenvalue weighted by atomic mass is 15.5. The van der Waals surface area contributed by atoms with Crippen molar-refractivity contribution in [1.82, 2.24) is 40.0 Å². The topological polar surface area (TPSA) is 89.6 Å². The molecule has 0 saturated heterocycles. The number of hydrogen-bond acceptors (Lipinski definition) is 5. The van der Waals surface area contributed by atoms with Gasteiger partial charge in [-0.05, 0) is 41.0 Å². The van der Waals surface area contributed by atoms with Crippen LogP contribution in [0, 0.1) is 13.8 Å². The molecule has 0 aliphatic rings. The van der Waals surface area contributed by atoms with Gasteiger partial charge in [-0.1, -0.05) is 48.5 Å². The average molecular weight is 370 g/mol. The SMILES string of the molecule is Cc1nc2cc(C)n(Cc3ccc(-c4ccccc4-c4nnn[nH]4)cc3)n2n1. The van der Waals surface area contributed by atoms with Crippen molar-refractivity contribution < 1.29 is 0 Å². The van der Waals surface area contributed by atoms with Crippen LogP contribution in [0.2, 0.25) is 0 Å². The minimum Gasteiger partial charge on any atom is -0.263 e. The largest absolute Gasteiger partial charge is 0.263 e. The maximum Gasteiger partial charge on any atom is 0.180 e. The third kappa shape index (κ3) is 2.75. The van der Waals surface area contributed by atoms with Gasteiger partial charge in [-0.25, -0.2) is 10.1 Å². The number of aromatic amines is 1. The Bertz CT molecular complexity index is 1250. The number of nitrogens with zero attached hydrogens (tertiary/aromatic N) is 7. The molecule has 0 fully saturated rings. The van der Waals surface area contributed by atoms with Gasteiger partial charge in [0.05, 0.1) is 6.54 Å². The molecule has 8 nitrogen and oxygen atoms in total. The van der Waals surface area contributed by atoms with Crippen LogP contribution in [0.1, 0.15) is 17.1 Å². The molecule has 0 saturated carbocycles. The lowest BCUT2D eigenvalue weighted by Gasteiger charge is -2.10. The highest BCUT2D eigenvalue weighted by Crippen LogP contribution is 2.29. The van der Waals surface area contributed by atoms with E-state index in [0.29, 0.717) is 5.82 Å². The molecule has 0 aliphatic carbocycles. The van der Waals surface area contributed by atoms with Gasteiger partial charge in [0.25, 0.3) is 0 Å². The number of tetrazole rings is 1. The summed E-state index contributed by atoms with van der Waals surface area (Å²) in [6.07, 6.45) is 0. The molecule has 138 valence electrons. The molecular weight excluding hydrogens is 352 g/mol. The van der Waals surface area contributed by atoms with E-state index >= 15 is 0 Å². The zero-order chi connectivity index (χ0) is 19.1. The molecule has 8 heteroatoms. The molecule has 1 N–H and O–H groups in total. The smallest absolute Gasteiger partial charge is 0.180 e. The molecule has 5 rings (SSSR count). The molecule has 0 aliphatic heterocycles. The van der Waals surface area contributed by atoms with Gasteiger partial charge in [0.15, 0.2) is 11.5 Å². The van der Waals surface area contributed by atoms with E-state index in [4.69, 9.17) is 0 Å². The summed E-state index contributed by atoms with van der Waals surface area (Å²) in [6, 6.07) is 18.7. The van der Waals surface area contributed by atoms with Gasteiger partial charge in [0.1, 0.15) is 5.82 Å². The Morgan fingerprint density at radius 2 is 1.75 bits per heavy atom. The summed E-state index contributed by atoms with van der Waals surface area (Å²) in [7, 11) is 0. The van der Waals surface area contributed by atoms with Gasteiger partial charge in [-0.15, -0.1) is 10.2 Å². The number of hydrogen-bond donors (Lipinski definition) is 1. The Morgan fingerprint density at radius 3 is 2.50 bits per heavy atom. The molecule has 0 radical (unpaired) electrons. The lowest BCUT2D eigenvalue weighted by atomic mass is 9.98. The van der Waals surface area contributed by atoms with Crippen LogP contribution in [0.4, 0.5) is 0 Å². The summed E-state index contributed by atoms with van der Waals surface area (Å²) in [5, 5.41) is 18.7. The molecule has 3 heterocycles. The number of rotatable bonds is 4. The minimum absolute atomic E-state index is 0.659. The first kappa shape index (κ1) is 16.4. The molecule has 0 amide bonds. The lowest BCUT2D eigenvalue weighted by Crippen LogP contribution is -2.10. The Balaban J connectivity index is 1.48. The van der Waals surface area contributed by atoms with Crippen LogP contribution in [0.15, 0.2) is 54.6 Å². The average Bonchev–Trinajstić information content (AvgIpc) is 3.41. The second kappa shape index (κ2) is 6.41. The first-order valence-corrected chi connectivity index (χ1v) is 9.01. The van der Waals surface area contributed by atoms with Crippen molar-refractivity contribution in [1.29, 1.82) is 0 Å². The van der Waals surface area contributed by atoms with E-state index in [0.717, 1.165) is 40.4 Å². The van der Waals surface area contributed by atoms with Crippen LogP contribution in [0.5, 0.6) is 0 Å². The first-order valence-electron chi connectivity index (χ1n) is 9.01. The lowest BCUT2D eigenvalue weighted by molar-refractivity contribution is 0.568. The summed E-state index contributed by atoms with van der Waals surface area (Å²) in [6.45, 7) is 4.71. The highest BCUT2D eigenvalue weighted by Gasteiger charge is 2.12. The highest BCUT2D eigenvalue weighted by molar-refractivity contribution is 5.80. The first-order chi connectivity index (χ1) is 13.7. The van der Waals surface area contributed by atoms with Crippen LogP contribution in [0.25, 0.3) is 28.2 Å². The van der Waals surface area contributed by atoms with Gasteiger partial charge in [0, 0.05) is 17.3 Å². The number of benzene rings is 2. The van der Waals surface area contributed by atoms with Gasteiger partial charge >= 0.3 is 0 Å². The predicted molar refractivity (Wildman–Crippen MR) is 105 cm³/mol. The summed E-state index contributed by atoms with van der Waals surface area (Å²) in [5.74, 6) is 1.43. The summed E-state index contributed by atoms with van der Waals surface area (Å²) < 4.78 is 3.99. The number of nitrogens with one attached hydrogen (secondary N) is 1. The third-order valence-electron chi connectivity index (χ3n) is 4.82. The maximum atomic E-state index is 4.48. The third-order valence-corrected chi connectivity index (χ3v) is 4.82. The fraction of sp³-hybridized carbons (Fsp3) is 0.150. The van der Waals surface area contributed by atoms with Gasteiger partial charge in [-0.2, -0.15) is 4.63 Å². The summed E-state index contributed by atoms with van der Waals surface area (Å²) in [5.41, 5.74) is 6.36. The molecule has 2 aromatic carbocycles. The summed E-state index contributed by atoms with van der Waals surface area (Å²) in [4.78, 5) is 4.44. The molecule has 0 unspecified atom stereocenters. The van der Waals surface area contributed by atoms with E-state index in [-0.39, 0.29) is 0 Å². The van der Waals surface area contributed by atoms with Gasteiger partial charge < -0.3 is 0 Å². The van der Waals surface area contributed by atoms with Crippen LogP contribution >= 0.6 is 0 Å². The zero-order valence-corrected chi connectivity index (χ0v) is 15.5. The van der Waals surface area contributed by atoms with Crippen molar-refractivity contribution in [2.24, 2.45) is 0 Å². The van der Waals surface area contributed by atoms with Crippen LogP contribution < -0.4 is 0 Å². The standard InChI is InChI=1S/C20H18N8/c1-13-11-19-21-14(2)24-28(19)27(13)12-15-7-9-16(10-8-15)17-5-3-4-6-18(17)20-22-25-26-23-20/h3-11H,12H2,1-2H3,(H,22,23,25,26). The molecule has 0 atom stereocenters. The van der Waals surface area contributed by atoms with Crippen molar-refractivity contribution in [3.8, 4) is 22.5 Å². The second-order valence-corrected chi connectivity index (χ2v) is 6.74. The van der Waals surface area contributed by atoms with Gasteiger partial charge in [-0.3, -0.25) is 4.68 Å². The monoisotopic (exact) mass is 370 g/mol. The Hall–Kier alpha value is -3.81. The van der Waals surface area contributed by atoms with Crippen molar-refractivity contribution in [2.75, 3.05) is 0 Å². The zero-order valence-electron chi connectivity index (χ0n) is 15.5. The van der Waals surface area contributed by atoms with Crippen molar-refractivity contribution in [2.45, 2.75) is 20.4 Å². The van der Waals surface area contributed by atoms with Gasteiger partial charge in [0.2, 0.25) is 0 Å². The van der Waals surface area contributed by atoms with Crippen LogP contribution in [-0.4, -0.2) is 40.0 Å². The number of fused-ring (bicyclic) bond motifs is 1. The molecular formula is C20H18N8. The molecule has 5 aromatic rings. The summed E-state index contributed by atoms with van der Waals surface area (Å²) >= 11 is 0. The van der Waals surface area contributed by atoms with E-state index < -0.39 is 0 Å². The molecule has 28 heavy (non-hydrogen) atoms. The molecule has 3 aromatic heterocycles. The normalized spacial score (nSPS) is 11.4. The minimum atomic E-state index is 0.659. The van der Waals surface area contributed by atoms with E-state index in [1.165, 1.54) is 5.56 Å². The van der Waals surface area contributed by atoms with E-state index in [1.807, 2.05) is 29.8 Å². The Morgan fingerprint density at radius 1 is 0.964 bits per heavy atom. The van der Waals surface area contributed by atoms with Crippen LogP contribution in [-0.2, 0) is 6.54 Å². The Kier molecular flexibility index (Phi) is 3.75. The number of aryl methyl sites for hydroxylation is 2. The molecule has 0 spiro atoms. The van der Waals surface area contributed by atoms with Crippen molar-refractivity contribution >= 4 is 5.65 Å². The van der Waals surface area contributed by atoms with E-state index in [9.17, 15) is 0 Å². The van der Waals surface area contributed by atoms with Crippen molar-refractivity contribution in [3.63, 3.8) is 0 Å². The maximum absolute atomic E-state index is 4.48. The Labute approximate surface area is 160 Å². The fourth-order valence-corrected chi connectivity index (χ4v) is 3.47. The van der Waals surface area contributed by atoms with E-state index in [1.54, 1.807) is 0 Å². The second-order valence-electron chi connectivity index (χ2n) is 6.74. The number of aromatic nitrogens is 8.